The van der Waals surface area contributed by atoms with Crippen LogP contribution in [0.5, 0.6) is 0 Å². The summed E-state index contributed by atoms with van der Waals surface area (Å²) in [5.41, 5.74) is 1.00. The van der Waals surface area contributed by atoms with Crippen molar-refractivity contribution in [1.29, 1.82) is 0 Å². The Morgan fingerprint density at radius 2 is 2.24 bits per heavy atom. The number of halogens is 1. The van der Waals surface area contributed by atoms with Crippen LogP contribution in [-0.4, -0.2) is 39.9 Å². The van der Waals surface area contributed by atoms with Crippen LogP contribution in [0.4, 0.5) is 0 Å². The van der Waals surface area contributed by atoms with Gasteiger partial charge in [-0.25, -0.2) is 14.7 Å². The van der Waals surface area contributed by atoms with E-state index in [-0.39, 0.29) is 17.8 Å². The van der Waals surface area contributed by atoms with Gasteiger partial charge in [-0.1, -0.05) is 29.8 Å². The normalized spacial score (nSPS) is 16.8. The van der Waals surface area contributed by atoms with Crippen LogP contribution in [0.2, 0.25) is 5.02 Å². The van der Waals surface area contributed by atoms with Crippen molar-refractivity contribution in [3.05, 3.63) is 46.5 Å². The van der Waals surface area contributed by atoms with E-state index < -0.39 is 0 Å². The topological polar surface area (TPSA) is 60.2 Å². The largest absolute Gasteiger partial charge is 0.316 e. The molecule has 1 aliphatic rings. The van der Waals surface area contributed by atoms with E-state index in [1.165, 1.54) is 14.2 Å². The van der Waals surface area contributed by atoms with E-state index in [1.807, 2.05) is 24.3 Å². The summed E-state index contributed by atoms with van der Waals surface area (Å²) in [6, 6.07) is 7.70. The summed E-state index contributed by atoms with van der Waals surface area (Å²) in [6.07, 6.45) is 1.65. The van der Waals surface area contributed by atoms with E-state index >= 15 is 0 Å². The number of hydrogen-bond donors (Lipinski definition) is 0. The molecular weight excluding hydrogens is 292 g/mol. The van der Waals surface area contributed by atoms with Crippen LogP contribution in [0.3, 0.4) is 0 Å². The molecule has 0 N–H and O–H groups in total. The minimum absolute atomic E-state index is 0.0237. The third-order valence-corrected chi connectivity index (χ3v) is 4.00. The molecular formula is C14H15ClN4O2. The average molecular weight is 307 g/mol. The van der Waals surface area contributed by atoms with E-state index in [2.05, 4.69) is 10.1 Å². The van der Waals surface area contributed by atoms with Gasteiger partial charge < -0.3 is 0 Å². The molecule has 0 spiro atoms. The number of rotatable bonds is 3. The van der Waals surface area contributed by atoms with E-state index in [0.29, 0.717) is 5.02 Å². The number of aryl methyl sites for hydroxylation is 1. The minimum atomic E-state index is -0.364. The van der Waals surface area contributed by atoms with Gasteiger partial charge in [-0.3, -0.25) is 9.63 Å². The number of hydrogen-bond acceptors (Lipinski definition) is 4. The summed E-state index contributed by atoms with van der Waals surface area (Å²) in [6.45, 7) is 0. The van der Waals surface area contributed by atoms with Crippen molar-refractivity contribution in [3.63, 3.8) is 0 Å². The molecule has 0 unspecified atom stereocenters. The van der Waals surface area contributed by atoms with Crippen molar-refractivity contribution in [2.45, 2.75) is 18.9 Å². The van der Waals surface area contributed by atoms with Gasteiger partial charge in [-0.05, 0) is 18.1 Å². The van der Waals surface area contributed by atoms with Crippen LogP contribution in [0.15, 0.2) is 24.3 Å². The zero-order chi connectivity index (χ0) is 15.0. The lowest BCUT2D eigenvalue weighted by atomic mass is 10.1. The van der Waals surface area contributed by atoms with Crippen molar-refractivity contribution >= 4 is 17.5 Å². The lowest BCUT2D eigenvalue weighted by Crippen LogP contribution is -2.26. The van der Waals surface area contributed by atoms with Crippen LogP contribution >= 0.6 is 11.6 Å². The molecule has 0 bridgehead atoms. The fraction of sp³-hybridized carbons (Fsp3) is 0.357. The average Bonchev–Trinajstić information content (AvgIpc) is 3.06. The number of nitrogens with zero attached hydrogens (tertiary/aromatic N) is 4. The van der Waals surface area contributed by atoms with Gasteiger partial charge in [-0.2, -0.15) is 0 Å². The lowest BCUT2D eigenvalue weighted by Gasteiger charge is -2.14. The quantitative estimate of drug-likeness (QED) is 0.815. The van der Waals surface area contributed by atoms with Crippen molar-refractivity contribution in [3.8, 4) is 0 Å². The Kier molecular flexibility index (Phi) is 3.65. The molecule has 7 heteroatoms. The summed E-state index contributed by atoms with van der Waals surface area (Å²) in [7, 11) is 2.95. The third-order valence-electron chi connectivity index (χ3n) is 3.65. The van der Waals surface area contributed by atoms with E-state index in [0.717, 1.165) is 29.3 Å². The second kappa shape index (κ2) is 5.46. The van der Waals surface area contributed by atoms with Crippen LogP contribution < -0.4 is 0 Å². The minimum Gasteiger partial charge on any atom is -0.274 e. The molecule has 0 aliphatic carbocycles. The molecule has 2 heterocycles. The highest BCUT2D eigenvalue weighted by Gasteiger charge is 2.30. The Morgan fingerprint density at radius 1 is 1.48 bits per heavy atom. The fourth-order valence-electron chi connectivity index (χ4n) is 2.51. The van der Waals surface area contributed by atoms with Crippen LogP contribution in [-0.2, 0) is 11.3 Å². The number of hydroxylamine groups is 2. The van der Waals surface area contributed by atoms with Crippen molar-refractivity contribution in [2.24, 2.45) is 0 Å². The van der Waals surface area contributed by atoms with E-state index in [9.17, 15) is 4.79 Å². The number of aromatic nitrogens is 3. The summed E-state index contributed by atoms with van der Waals surface area (Å²) < 4.78 is 1.79. The summed E-state index contributed by atoms with van der Waals surface area (Å²) >= 11 is 6.26. The number of fused-ring (bicyclic) bond motifs is 1. The number of amides is 1. The molecule has 3 rings (SSSR count). The van der Waals surface area contributed by atoms with Gasteiger partial charge in [0.25, 0.3) is 0 Å². The Balaban J connectivity index is 1.94. The van der Waals surface area contributed by atoms with Crippen LogP contribution in [0.1, 0.15) is 34.5 Å². The predicted octanol–water partition coefficient (Wildman–Crippen LogP) is 2.10. The first-order valence-electron chi connectivity index (χ1n) is 6.64. The summed E-state index contributed by atoms with van der Waals surface area (Å²) in [5.74, 6) is 0.580. The molecule has 0 saturated heterocycles. The third kappa shape index (κ3) is 2.41. The molecule has 21 heavy (non-hydrogen) atoms. The predicted molar refractivity (Wildman–Crippen MR) is 77.0 cm³/mol. The molecule has 1 aliphatic heterocycles. The maximum Gasteiger partial charge on any atom is 0.316 e. The lowest BCUT2D eigenvalue weighted by molar-refractivity contribution is -0.0764. The maximum atomic E-state index is 12.0. The molecule has 0 radical (unpaired) electrons. The number of benzene rings is 1. The standard InChI is InChI=1S/C14H15ClN4O2/c1-18(21-2)14(20)13-16-12-8-7-11(19(12)17-13)9-5-3-4-6-10(9)15/h3-6,11H,7-8H2,1-2H3/t11-/m0/s1. The highest BCUT2D eigenvalue weighted by Crippen LogP contribution is 2.34. The number of carbonyl (C=O) groups excluding carboxylic acids is 1. The Bertz CT molecular complexity index is 685. The van der Waals surface area contributed by atoms with Gasteiger partial charge in [-0.15, -0.1) is 5.10 Å². The zero-order valence-corrected chi connectivity index (χ0v) is 12.5. The highest BCUT2D eigenvalue weighted by molar-refractivity contribution is 6.31. The van der Waals surface area contributed by atoms with E-state index in [4.69, 9.17) is 16.4 Å². The van der Waals surface area contributed by atoms with Crippen molar-refractivity contribution in [1.82, 2.24) is 19.8 Å². The smallest absolute Gasteiger partial charge is 0.274 e. The molecule has 1 aromatic heterocycles. The Morgan fingerprint density at radius 3 is 2.95 bits per heavy atom. The Hall–Kier alpha value is -1.92. The monoisotopic (exact) mass is 306 g/mol. The molecule has 110 valence electrons. The van der Waals surface area contributed by atoms with Gasteiger partial charge >= 0.3 is 5.91 Å². The second-order valence-electron chi connectivity index (χ2n) is 4.86. The maximum absolute atomic E-state index is 12.0. The van der Waals surface area contributed by atoms with Gasteiger partial charge in [0, 0.05) is 18.5 Å². The van der Waals surface area contributed by atoms with Crippen LogP contribution in [0.25, 0.3) is 0 Å². The van der Waals surface area contributed by atoms with Gasteiger partial charge in [0.05, 0.1) is 13.2 Å². The summed E-state index contributed by atoms with van der Waals surface area (Å²) in [4.78, 5) is 21.2. The van der Waals surface area contributed by atoms with Crippen molar-refractivity contribution < 1.29 is 9.63 Å². The first-order valence-corrected chi connectivity index (χ1v) is 7.01. The highest BCUT2D eigenvalue weighted by atomic mass is 35.5. The molecule has 1 amide bonds. The fourth-order valence-corrected chi connectivity index (χ4v) is 2.77. The molecule has 1 atom stereocenters. The van der Waals surface area contributed by atoms with E-state index in [1.54, 1.807) is 4.68 Å². The first kappa shape index (κ1) is 14.0. The van der Waals surface area contributed by atoms with Crippen molar-refractivity contribution in [2.75, 3.05) is 14.2 Å². The zero-order valence-electron chi connectivity index (χ0n) is 11.8. The van der Waals surface area contributed by atoms with Gasteiger partial charge in [0.2, 0.25) is 5.82 Å². The molecule has 1 aromatic carbocycles. The van der Waals surface area contributed by atoms with Gasteiger partial charge in [0.1, 0.15) is 5.82 Å². The SMILES string of the molecule is CON(C)C(=O)c1nc2n(n1)[C@H](c1ccccc1Cl)CC2. The van der Waals surface area contributed by atoms with Crippen LogP contribution in [0, 0.1) is 0 Å². The molecule has 0 fully saturated rings. The Labute approximate surface area is 127 Å². The molecule has 0 saturated carbocycles. The second-order valence-corrected chi connectivity index (χ2v) is 5.26. The number of carbonyl (C=O) groups is 1. The first-order chi connectivity index (χ1) is 10.1. The molecule has 6 nitrogen and oxygen atoms in total. The summed E-state index contributed by atoms with van der Waals surface area (Å²) in [5, 5.41) is 6.14. The molecule has 2 aromatic rings. The van der Waals surface area contributed by atoms with Gasteiger partial charge in [0.15, 0.2) is 0 Å².